The summed E-state index contributed by atoms with van der Waals surface area (Å²) in [6.07, 6.45) is 1.42. The average Bonchev–Trinajstić information content (AvgIpc) is 2.28. The van der Waals surface area contributed by atoms with E-state index in [9.17, 15) is 10.2 Å². The molecule has 2 N–H and O–H groups in total. The van der Waals surface area contributed by atoms with Crippen molar-refractivity contribution in [3.8, 4) is 0 Å². The van der Waals surface area contributed by atoms with Crippen molar-refractivity contribution in [2.75, 3.05) is 0 Å². The van der Waals surface area contributed by atoms with Crippen LogP contribution in [0.15, 0.2) is 36.5 Å². The van der Waals surface area contributed by atoms with Gasteiger partial charge in [0.15, 0.2) is 5.79 Å². The molecule has 2 aliphatic rings. The zero-order valence-corrected chi connectivity index (χ0v) is 11.0. The number of rotatable bonds is 1. The molecular formula is C15H22O3. The molecule has 0 aromatic rings. The first-order chi connectivity index (χ1) is 8.33. The summed E-state index contributed by atoms with van der Waals surface area (Å²) in [7, 11) is 0. The zero-order chi connectivity index (χ0) is 13.5. The molecule has 0 amide bonds. The second-order valence-electron chi connectivity index (χ2n) is 5.61. The van der Waals surface area contributed by atoms with Crippen molar-refractivity contribution in [3.05, 3.63) is 36.5 Å². The first kappa shape index (κ1) is 13.5. The van der Waals surface area contributed by atoms with Crippen LogP contribution in [0.5, 0.6) is 0 Å². The van der Waals surface area contributed by atoms with Gasteiger partial charge in [-0.3, -0.25) is 0 Å². The van der Waals surface area contributed by atoms with E-state index in [0.717, 1.165) is 18.4 Å². The SMILES string of the molecule is C=C(C)[C@H]1CCC(=C)[C@]2(O)C[C@H](O)C(=C)[C@@H](C1)O2. The summed E-state index contributed by atoms with van der Waals surface area (Å²) in [6, 6.07) is 0. The molecule has 0 spiro atoms. The van der Waals surface area contributed by atoms with Crippen LogP contribution < -0.4 is 0 Å². The van der Waals surface area contributed by atoms with Crippen molar-refractivity contribution < 1.29 is 14.9 Å². The van der Waals surface area contributed by atoms with Crippen molar-refractivity contribution >= 4 is 0 Å². The fourth-order valence-corrected chi connectivity index (χ4v) is 2.76. The number of ether oxygens (including phenoxy) is 1. The summed E-state index contributed by atoms with van der Waals surface area (Å²) >= 11 is 0. The van der Waals surface area contributed by atoms with Crippen molar-refractivity contribution in [1.29, 1.82) is 0 Å². The Morgan fingerprint density at radius 3 is 2.72 bits per heavy atom. The molecule has 0 aromatic heterocycles. The van der Waals surface area contributed by atoms with Crippen LogP contribution in [0.4, 0.5) is 0 Å². The molecular weight excluding hydrogens is 228 g/mol. The topological polar surface area (TPSA) is 49.7 Å². The number of allylic oxidation sites excluding steroid dienone is 1. The van der Waals surface area contributed by atoms with Gasteiger partial charge in [-0.2, -0.15) is 0 Å². The predicted molar refractivity (Wildman–Crippen MR) is 70.9 cm³/mol. The smallest absolute Gasteiger partial charge is 0.191 e. The van der Waals surface area contributed by atoms with Gasteiger partial charge < -0.3 is 14.9 Å². The molecule has 0 radical (unpaired) electrons. The van der Waals surface area contributed by atoms with Gasteiger partial charge in [0.25, 0.3) is 0 Å². The number of aliphatic hydroxyl groups is 2. The van der Waals surface area contributed by atoms with Crippen LogP contribution in [0, 0.1) is 5.92 Å². The second-order valence-corrected chi connectivity index (χ2v) is 5.61. The lowest BCUT2D eigenvalue weighted by Gasteiger charge is -2.45. The van der Waals surface area contributed by atoms with Gasteiger partial charge in [-0.15, -0.1) is 0 Å². The molecule has 3 heteroatoms. The molecule has 2 heterocycles. The first-order valence-electron chi connectivity index (χ1n) is 6.44. The van der Waals surface area contributed by atoms with E-state index in [-0.39, 0.29) is 12.5 Å². The van der Waals surface area contributed by atoms with Gasteiger partial charge in [0.1, 0.15) is 0 Å². The van der Waals surface area contributed by atoms with Crippen LogP contribution in [0.2, 0.25) is 0 Å². The van der Waals surface area contributed by atoms with E-state index in [0.29, 0.717) is 23.5 Å². The molecule has 2 fully saturated rings. The minimum absolute atomic E-state index is 0.138. The Morgan fingerprint density at radius 2 is 2.11 bits per heavy atom. The monoisotopic (exact) mass is 250 g/mol. The minimum atomic E-state index is -1.40. The number of hydrogen-bond donors (Lipinski definition) is 2. The molecule has 100 valence electrons. The van der Waals surface area contributed by atoms with Crippen LogP contribution in [-0.2, 0) is 4.74 Å². The lowest BCUT2D eigenvalue weighted by molar-refractivity contribution is -0.236. The molecule has 0 aromatic carbocycles. The van der Waals surface area contributed by atoms with Gasteiger partial charge >= 0.3 is 0 Å². The highest BCUT2D eigenvalue weighted by Crippen LogP contribution is 2.42. The maximum absolute atomic E-state index is 10.4. The normalized spacial score (nSPS) is 41.2. The maximum atomic E-state index is 10.4. The van der Waals surface area contributed by atoms with Gasteiger partial charge in [-0.25, -0.2) is 0 Å². The first-order valence-corrected chi connectivity index (χ1v) is 6.44. The zero-order valence-electron chi connectivity index (χ0n) is 11.0. The molecule has 2 bridgehead atoms. The molecule has 18 heavy (non-hydrogen) atoms. The molecule has 3 nitrogen and oxygen atoms in total. The van der Waals surface area contributed by atoms with Gasteiger partial charge in [0.2, 0.25) is 0 Å². The largest absolute Gasteiger partial charge is 0.388 e. The summed E-state index contributed by atoms with van der Waals surface area (Å²) in [4.78, 5) is 0. The highest BCUT2D eigenvalue weighted by Gasteiger charge is 2.45. The highest BCUT2D eigenvalue weighted by atomic mass is 16.6. The molecule has 0 unspecified atom stereocenters. The summed E-state index contributed by atoms with van der Waals surface area (Å²) < 4.78 is 5.75. The summed E-state index contributed by atoms with van der Waals surface area (Å²) in [5, 5.41) is 20.4. The van der Waals surface area contributed by atoms with Crippen LogP contribution in [-0.4, -0.2) is 28.2 Å². The quantitative estimate of drug-likeness (QED) is 0.702. The molecule has 2 aliphatic heterocycles. The van der Waals surface area contributed by atoms with E-state index in [2.05, 4.69) is 19.7 Å². The van der Waals surface area contributed by atoms with Gasteiger partial charge in [-0.1, -0.05) is 25.3 Å². The molecule has 2 saturated heterocycles. The van der Waals surface area contributed by atoms with Crippen molar-refractivity contribution in [1.82, 2.24) is 0 Å². The van der Waals surface area contributed by atoms with E-state index in [4.69, 9.17) is 4.74 Å². The van der Waals surface area contributed by atoms with Crippen molar-refractivity contribution in [2.45, 2.75) is 50.6 Å². The highest BCUT2D eigenvalue weighted by molar-refractivity contribution is 5.22. The van der Waals surface area contributed by atoms with Crippen LogP contribution in [0.3, 0.4) is 0 Å². The summed E-state index contributed by atoms with van der Waals surface area (Å²) in [6.45, 7) is 13.8. The maximum Gasteiger partial charge on any atom is 0.191 e. The molecule has 4 atom stereocenters. The number of fused-ring (bicyclic) bond motifs is 2. The van der Waals surface area contributed by atoms with Gasteiger partial charge in [-0.05, 0) is 43.3 Å². The lowest BCUT2D eigenvalue weighted by atomic mass is 9.79. The fourth-order valence-electron chi connectivity index (χ4n) is 2.76. The van der Waals surface area contributed by atoms with E-state index in [1.807, 2.05) is 6.92 Å². The Morgan fingerprint density at radius 1 is 1.44 bits per heavy atom. The predicted octanol–water partition coefficient (Wildman–Crippen LogP) is 2.31. The van der Waals surface area contributed by atoms with E-state index < -0.39 is 11.9 Å². The summed E-state index contributed by atoms with van der Waals surface area (Å²) in [5.41, 5.74) is 2.40. The van der Waals surface area contributed by atoms with E-state index in [1.165, 1.54) is 0 Å². The standard InChI is InChI=1S/C15H22O3/c1-9(2)12-6-5-10(3)15(17)8-13(16)11(4)14(7-12)18-15/h12-14,16-17H,1,3-8H2,2H3/t12-,13-,14+,15-/m0/s1. The fraction of sp³-hybridized carbons (Fsp3) is 0.600. The van der Waals surface area contributed by atoms with E-state index in [1.54, 1.807) is 0 Å². The second kappa shape index (κ2) is 4.65. The molecule has 2 rings (SSSR count). The number of hydrogen-bond acceptors (Lipinski definition) is 3. The van der Waals surface area contributed by atoms with Crippen molar-refractivity contribution in [3.63, 3.8) is 0 Å². The Balaban J connectivity index is 2.29. The third kappa shape index (κ3) is 2.30. The van der Waals surface area contributed by atoms with Crippen LogP contribution in [0.25, 0.3) is 0 Å². The molecule has 0 aliphatic carbocycles. The van der Waals surface area contributed by atoms with Gasteiger partial charge in [0.05, 0.1) is 12.2 Å². The van der Waals surface area contributed by atoms with Crippen molar-refractivity contribution in [2.24, 2.45) is 5.92 Å². The Labute approximate surface area is 108 Å². The third-order valence-electron chi connectivity index (χ3n) is 4.19. The van der Waals surface area contributed by atoms with Crippen LogP contribution in [0.1, 0.15) is 32.6 Å². The van der Waals surface area contributed by atoms with Gasteiger partial charge in [0, 0.05) is 6.42 Å². The molecule has 0 saturated carbocycles. The summed E-state index contributed by atoms with van der Waals surface area (Å²) in [5.74, 6) is -1.08. The van der Waals surface area contributed by atoms with Crippen LogP contribution >= 0.6 is 0 Å². The minimum Gasteiger partial charge on any atom is -0.388 e. The Hall–Kier alpha value is -0.900. The lowest BCUT2D eigenvalue weighted by Crippen LogP contribution is -2.50. The average molecular weight is 250 g/mol. The Kier molecular flexibility index (Phi) is 3.49. The Bertz CT molecular complexity index is 399. The third-order valence-corrected chi connectivity index (χ3v) is 4.19. The van der Waals surface area contributed by atoms with E-state index >= 15 is 0 Å². The number of aliphatic hydroxyl groups excluding tert-OH is 1.